The first-order valence-corrected chi connectivity index (χ1v) is 10.1. The molecule has 2 aromatic heterocycles. The van der Waals surface area contributed by atoms with Crippen LogP contribution in [0.25, 0.3) is 10.8 Å². The van der Waals surface area contributed by atoms with Crippen LogP contribution in [0.15, 0.2) is 21.9 Å². The normalized spacial score (nSPS) is 36.2. The number of carbonyl (C=O) groups excluding carboxylic acids is 1. The number of thiophene rings is 1. The third-order valence-electron chi connectivity index (χ3n) is 6.27. The fourth-order valence-corrected chi connectivity index (χ4v) is 6.33. The van der Waals surface area contributed by atoms with Gasteiger partial charge >= 0.3 is 5.97 Å². The summed E-state index contributed by atoms with van der Waals surface area (Å²) in [7, 11) is 0. The van der Waals surface area contributed by atoms with Crippen molar-refractivity contribution in [2.24, 2.45) is 17.3 Å². The number of nitrogens with zero attached hydrogens (tertiary/aromatic N) is 2. The van der Waals surface area contributed by atoms with Crippen LogP contribution < -0.4 is 0 Å². The Morgan fingerprint density at radius 1 is 1.35 bits per heavy atom. The molecule has 0 aliphatic heterocycles. The highest BCUT2D eigenvalue weighted by Crippen LogP contribution is 2.62. The van der Waals surface area contributed by atoms with E-state index in [0.29, 0.717) is 30.0 Å². The second-order valence-corrected chi connectivity index (χ2v) is 9.38. The van der Waals surface area contributed by atoms with Crippen molar-refractivity contribution >= 4 is 17.3 Å². The molecule has 6 rings (SSSR count). The molecule has 5 atom stereocenters. The number of hydrogen-bond donors (Lipinski definition) is 1. The highest BCUT2D eigenvalue weighted by Gasteiger charge is 2.61. The van der Waals surface area contributed by atoms with E-state index in [9.17, 15) is 9.90 Å². The summed E-state index contributed by atoms with van der Waals surface area (Å²) in [5.41, 5.74) is -1.22. The van der Waals surface area contributed by atoms with Crippen LogP contribution in [0, 0.1) is 17.3 Å². The average molecular weight is 374 g/mol. The van der Waals surface area contributed by atoms with Crippen molar-refractivity contribution in [2.75, 3.05) is 0 Å². The van der Waals surface area contributed by atoms with Crippen LogP contribution in [0.3, 0.4) is 0 Å². The number of rotatable bonds is 4. The molecule has 2 aromatic rings. The van der Waals surface area contributed by atoms with Crippen LogP contribution >= 0.6 is 11.3 Å². The fourth-order valence-electron chi connectivity index (χ4n) is 5.69. The minimum absolute atomic E-state index is 0.214. The minimum atomic E-state index is -0.677. The zero-order valence-electron chi connectivity index (χ0n) is 14.7. The van der Waals surface area contributed by atoms with Gasteiger partial charge in [0.2, 0.25) is 0 Å². The highest BCUT2D eigenvalue weighted by molar-refractivity contribution is 7.13. The van der Waals surface area contributed by atoms with E-state index in [2.05, 4.69) is 10.2 Å². The van der Waals surface area contributed by atoms with Gasteiger partial charge in [0.1, 0.15) is 0 Å². The van der Waals surface area contributed by atoms with Crippen molar-refractivity contribution in [3.63, 3.8) is 0 Å². The molecule has 4 bridgehead atoms. The molecule has 2 heterocycles. The van der Waals surface area contributed by atoms with E-state index in [4.69, 9.17) is 9.15 Å². The lowest BCUT2D eigenvalue weighted by Gasteiger charge is -2.58. The van der Waals surface area contributed by atoms with Gasteiger partial charge in [0.05, 0.1) is 15.9 Å². The van der Waals surface area contributed by atoms with Gasteiger partial charge in [0, 0.05) is 0 Å². The van der Waals surface area contributed by atoms with E-state index in [1.807, 2.05) is 17.5 Å². The summed E-state index contributed by atoms with van der Waals surface area (Å²) in [5, 5.41) is 20.9. The molecular weight excluding hydrogens is 352 g/mol. The predicted octanol–water partition coefficient (Wildman–Crippen LogP) is 3.73. The SMILES string of the molecule is C[C@@H](OC(=O)C12C[C@@H]3C[C@@H](CC(O)(C3)C1)C2)c1nnc(-c2cccs2)o1. The Bertz CT molecular complexity index is 816. The second kappa shape index (κ2) is 5.63. The minimum Gasteiger partial charge on any atom is -0.452 e. The monoisotopic (exact) mass is 374 g/mol. The van der Waals surface area contributed by atoms with Crippen molar-refractivity contribution in [3.05, 3.63) is 23.4 Å². The van der Waals surface area contributed by atoms with E-state index in [1.165, 1.54) is 11.3 Å². The molecule has 4 aliphatic carbocycles. The lowest BCUT2D eigenvalue weighted by molar-refractivity contribution is -0.200. The van der Waals surface area contributed by atoms with E-state index in [1.54, 1.807) is 6.92 Å². The number of hydrogen-bond acceptors (Lipinski definition) is 7. The van der Waals surface area contributed by atoms with Crippen LogP contribution in [0.2, 0.25) is 0 Å². The Balaban J connectivity index is 1.33. The summed E-state index contributed by atoms with van der Waals surface area (Å²) in [6.07, 6.45) is 4.42. The fraction of sp³-hybridized carbons (Fsp3) is 0.632. The molecule has 0 radical (unpaired) electrons. The molecule has 4 fully saturated rings. The first-order chi connectivity index (χ1) is 12.4. The van der Waals surface area contributed by atoms with Gasteiger partial charge in [-0.25, -0.2) is 0 Å². The van der Waals surface area contributed by atoms with Crippen molar-refractivity contribution in [1.82, 2.24) is 10.2 Å². The van der Waals surface area contributed by atoms with Gasteiger partial charge in [0.25, 0.3) is 11.8 Å². The van der Waals surface area contributed by atoms with E-state index in [-0.39, 0.29) is 5.97 Å². The number of aliphatic hydroxyl groups is 1. The smallest absolute Gasteiger partial charge is 0.312 e. The standard InChI is InChI=1S/C19H22N2O4S/c1-11(15-20-21-16(25-15)14-3-2-4-26-14)24-17(22)18-6-12-5-13(7-18)9-19(23,8-12)10-18/h2-4,11-13,23H,5-10H2,1H3/t11-,12-,13+,18?,19?/m1/s1. The average Bonchev–Trinajstić information content (AvgIpc) is 3.24. The molecule has 0 saturated heterocycles. The Labute approximate surface area is 155 Å². The molecule has 0 aromatic carbocycles. The van der Waals surface area contributed by atoms with Crippen molar-refractivity contribution in [2.45, 2.75) is 57.2 Å². The van der Waals surface area contributed by atoms with Gasteiger partial charge in [-0.15, -0.1) is 21.5 Å². The van der Waals surface area contributed by atoms with Crippen LogP contribution in [0.1, 0.15) is 57.4 Å². The Hall–Kier alpha value is -1.73. The number of esters is 1. The molecule has 26 heavy (non-hydrogen) atoms. The zero-order chi connectivity index (χ0) is 17.9. The van der Waals surface area contributed by atoms with E-state index >= 15 is 0 Å². The summed E-state index contributed by atoms with van der Waals surface area (Å²) in [6, 6.07) is 3.83. The van der Waals surface area contributed by atoms with Gasteiger partial charge < -0.3 is 14.3 Å². The Kier molecular flexibility index (Phi) is 3.56. The van der Waals surface area contributed by atoms with E-state index < -0.39 is 17.1 Å². The molecule has 138 valence electrons. The summed E-state index contributed by atoms with van der Waals surface area (Å²) in [4.78, 5) is 13.9. The van der Waals surface area contributed by atoms with Crippen molar-refractivity contribution in [1.29, 1.82) is 0 Å². The van der Waals surface area contributed by atoms with Gasteiger partial charge in [-0.05, 0) is 68.7 Å². The summed E-state index contributed by atoms with van der Waals surface area (Å²) < 4.78 is 11.4. The molecule has 4 aliphatic rings. The second-order valence-electron chi connectivity index (χ2n) is 8.44. The third-order valence-corrected chi connectivity index (χ3v) is 7.13. The number of aromatic nitrogens is 2. The molecule has 1 N–H and O–H groups in total. The topological polar surface area (TPSA) is 85.5 Å². The third kappa shape index (κ3) is 2.60. The lowest BCUT2D eigenvalue weighted by atomic mass is 9.48. The Morgan fingerprint density at radius 2 is 2.12 bits per heavy atom. The van der Waals surface area contributed by atoms with Gasteiger partial charge in [-0.3, -0.25) is 4.79 Å². The van der Waals surface area contributed by atoms with Crippen LogP contribution in [-0.2, 0) is 9.53 Å². The first-order valence-electron chi connectivity index (χ1n) is 9.26. The predicted molar refractivity (Wildman–Crippen MR) is 94.2 cm³/mol. The van der Waals surface area contributed by atoms with Crippen molar-refractivity contribution < 1.29 is 19.1 Å². The molecule has 0 spiro atoms. The number of ether oxygens (including phenoxy) is 1. The quantitative estimate of drug-likeness (QED) is 0.821. The molecular formula is C19H22N2O4S. The number of carbonyl (C=O) groups is 1. The Morgan fingerprint density at radius 3 is 2.77 bits per heavy atom. The maximum absolute atomic E-state index is 13.0. The lowest BCUT2D eigenvalue weighted by Crippen LogP contribution is -2.58. The zero-order valence-corrected chi connectivity index (χ0v) is 15.5. The molecule has 4 saturated carbocycles. The maximum atomic E-state index is 13.0. The molecule has 2 unspecified atom stereocenters. The summed E-state index contributed by atoms with van der Waals surface area (Å²) in [5.74, 6) is 1.43. The van der Waals surface area contributed by atoms with Crippen LogP contribution in [-0.4, -0.2) is 26.9 Å². The van der Waals surface area contributed by atoms with Gasteiger partial charge in [-0.1, -0.05) is 6.07 Å². The summed E-state index contributed by atoms with van der Waals surface area (Å²) >= 11 is 1.52. The first kappa shape index (κ1) is 16.4. The highest BCUT2D eigenvalue weighted by atomic mass is 32.1. The molecule has 0 amide bonds. The molecule has 6 nitrogen and oxygen atoms in total. The van der Waals surface area contributed by atoms with Crippen LogP contribution in [0.4, 0.5) is 0 Å². The molecule has 7 heteroatoms. The maximum Gasteiger partial charge on any atom is 0.312 e. The van der Waals surface area contributed by atoms with Gasteiger partial charge in [-0.2, -0.15) is 0 Å². The summed E-state index contributed by atoms with van der Waals surface area (Å²) in [6.45, 7) is 1.76. The van der Waals surface area contributed by atoms with E-state index in [0.717, 1.165) is 37.0 Å². The largest absolute Gasteiger partial charge is 0.452 e. The van der Waals surface area contributed by atoms with Crippen LogP contribution in [0.5, 0.6) is 0 Å². The van der Waals surface area contributed by atoms with Gasteiger partial charge in [0.15, 0.2) is 6.10 Å². The van der Waals surface area contributed by atoms with Crippen molar-refractivity contribution in [3.8, 4) is 10.8 Å².